The van der Waals surface area contributed by atoms with E-state index >= 15 is 0 Å². The Bertz CT molecular complexity index is 538. The summed E-state index contributed by atoms with van der Waals surface area (Å²) in [5.41, 5.74) is 6.77. The Morgan fingerprint density at radius 3 is 2.87 bits per heavy atom. The number of para-hydroxylation sites is 1. The van der Waals surface area contributed by atoms with Crippen LogP contribution in [-0.2, 0) is 4.79 Å². The Labute approximate surface area is 87.2 Å². The first-order chi connectivity index (χ1) is 7.18. The van der Waals surface area contributed by atoms with Gasteiger partial charge < -0.3 is 10.2 Å². The van der Waals surface area contributed by atoms with Crippen LogP contribution in [0.1, 0.15) is 11.3 Å². The Balaban J connectivity index is 2.59. The maximum absolute atomic E-state index is 10.6. The summed E-state index contributed by atoms with van der Waals surface area (Å²) in [6.45, 7) is 1.86. The van der Waals surface area contributed by atoms with Gasteiger partial charge in [-0.25, -0.2) is 0 Å². The molecule has 0 radical (unpaired) electrons. The fraction of sp³-hybridized carbons (Fsp3) is 0.0833. The van der Waals surface area contributed by atoms with Gasteiger partial charge in [-0.15, -0.1) is 0 Å². The summed E-state index contributed by atoms with van der Waals surface area (Å²) in [4.78, 5) is 10.6. The fourth-order valence-corrected chi connectivity index (χ4v) is 1.56. The second-order valence-electron chi connectivity index (χ2n) is 3.30. The molecule has 0 aliphatic heterocycles. The SMILES string of the molecule is Cc1oc2ccccc2c1/C=C/C(N)=O. The lowest BCUT2D eigenvalue weighted by Gasteiger charge is -1.89. The number of carbonyl (C=O) groups excluding carboxylic acids is 1. The number of hydrogen-bond donors (Lipinski definition) is 1. The lowest BCUT2D eigenvalue weighted by Crippen LogP contribution is -2.05. The van der Waals surface area contributed by atoms with Crippen molar-refractivity contribution in [1.82, 2.24) is 0 Å². The van der Waals surface area contributed by atoms with Gasteiger partial charge in [-0.05, 0) is 19.1 Å². The summed E-state index contributed by atoms with van der Waals surface area (Å²) in [6, 6.07) is 7.68. The van der Waals surface area contributed by atoms with Gasteiger partial charge in [0.2, 0.25) is 5.91 Å². The van der Waals surface area contributed by atoms with Gasteiger partial charge in [-0.1, -0.05) is 18.2 Å². The molecule has 2 aromatic rings. The molecular weight excluding hydrogens is 190 g/mol. The standard InChI is InChI=1S/C12H11NO2/c1-8-9(6-7-12(13)14)10-4-2-3-5-11(10)15-8/h2-7H,1H3,(H2,13,14)/b7-6+. The van der Waals surface area contributed by atoms with Gasteiger partial charge in [0.15, 0.2) is 0 Å². The third kappa shape index (κ3) is 1.76. The zero-order chi connectivity index (χ0) is 10.8. The van der Waals surface area contributed by atoms with Crippen molar-refractivity contribution in [3.8, 4) is 0 Å². The number of nitrogens with two attached hydrogens (primary N) is 1. The summed E-state index contributed by atoms with van der Waals surface area (Å²) < 4.78 is 5.53. The number of fused-ring (bicyclic) bond motifs is 1. The highest BCUT2D eigenvalue weighted by Crippen LogP contribution is 2.25. The second-order valence-corrected chi connectivity index (χ2v) is 3.30. The second kappa shape index (κ2) is 3.61. The lowest BCUT2D eigenvalue weighted by molar-refractivity contribution is -0.113. The third-order valence-corrected chi connectivity index (χ3v) is 2.23. The van der Waals surface area contributed by atoms with E-state index in [1.807, 2.05) is 31.2 Å². The van der Waals surface area contributed by atoms with Crippen molar-refractivity contribution in [2.24, 2.45) is 5.73 Å². The van der Waals surface area contributed by atoms with Gasteiger partial charge in [0, 0.05) is 17.0 Å². The number of hydrogen-bond acceptors (Lipinski definition) is 2. The zero-order valence-corrected chi connectivity index (χ0v) is 8.36. The van der Waals surface area contributed by atoms with Crippen LogP contribution in [0, 0.1) is 6.92 Å². The molecular formula is C12H11NO2. The van der Waals surface area contributed by atoms with E-state index in [1.165, 1.54) is 6.08 Å². The van der Waals surface area contributed by atoms with E-state index in [9.17, 15) is 4.79 Å². The molecule has 0 atom stereocenters. The molecule has 0 saturated carbocycles. The molecule has 1 amide bonds. The number of rotatable bonds is 2. The number of amides is 1. The van der Waals surface area contributed by atoms with Gasteiger partial charge in [0.05, 0.1) is 0 Å². The van der Waals surface area contributed by atoms with Gasteiger partial charge >= 0.3 is 0 Å². The van der Waals surface area contributed by atoms with Crippen LogP contribution in [0.15, 0.2) is 34.8 Å². The first-order valence-electron chi connectivity index (χ1n) is 4.64. The van der Waals surface area contributed by atoms with E-state index in [2.05, 4.69) is 0 Å². The van der Waals surface area contributed by atoms with Crippen molar-refractivity contribution >= 4 is 23.0 Å². The molecule has 0 fully saturated rings. The van der Waals surface area contributed by atoms with Gasteiger partial charge in [-0.3, -0.25) is 4.79 Å². The van der Waals surface area contributed by atoms with Crippen LogP contribution < -0.4 is 5.73 Å². The summed E-state index contributed by atoms with van der Waals surface area (Å²) in [7, 11) is 0. The molecule has 0 bridgehead atoms. The van der Waals surface area contributed by atoms with E-state index in [4.69, 9.17) is 10.2 Å². The molecule has 3 heteroatoms. The molecule has 1 heterocycles. The van der Waals surface area contributed by atoms with Gasteiger partial charge in [0.25, 0.3) is 0 Å². The van der Waals surface area contributed by atoms with E-state index < -0.39 is 5.91 Å². The molecule has 1 aromatic heterocycles. The van der Waals surface area contributed by atoms with Crippen LogP contribution >= 0.6 is 0 Å². The van der Waals surface area contributed by atoms with Crippen LogP contribution in [0.25, 0.3) is 17.0 Å². The normalized spacial score (nSPS) is 11.3. The Kier molecular flexibility index (Phi) is 2.29. The summed E-state index contributed by atoms with van der Waals surface area (Å²) >= 11 is 0. The fourth-order valence-electron chi connectivity index (χ4n) is 1.56. The quantitative estimate of drug-likeness (QED) is 0.757. The molecule has 0 aliphatic carbocycles. The highest BCUT2D eigenvalue weighted by atomic mass is 16.3. The predicted molar refractivity (Wildman–Crippen MR) is 59.2 cm³/mol. The minimum absolute atomic E-state index is 0.459. The summed E-state index contributed by atoms with van der Waals surface area (Å²) in [6.07, 6.45) is 3.02. The smallest absolute Gasteiger partial charge is 0.241 e. The number of furan rings is 1. The van der Waals surface area contributed by atoms with Crippen LogP contribution in [0.2, 0.25) is 0 Å². The maximum atomic E-state index is 10.6. The van der Waals surface area contributed by atoms with Gasteiger partial charge in [-0.2, -0.15) is 0 Å². The van der Waals surface area contributed by atoms with Crippen molar-refractivity contribution in [3.05, 3.63) is 41.7 Å². The summed E-state index contributed by atoms with van der Waals surface area (Å²) in [5.74, 6) is 0.327. The van der Waals surface area contributed by atoms with E-state index in [-0.39, 0.29) is 0 Å². The van der Waals surface area contributed by atoms with Crippen molar-refractivity contribution in [1.29, 1.82) is 0 Å². The van der Waals surface area contributed by atoms with Crippen molar-refractivity contribution in [2.45, 2.75) is 6.92 Å². The maximum Gasteiger partial charge on any atom is 0.241 e. The lowest BCUT2D eigenvalue weighted by atomic mass is 10.1. The zero-order valence-electron chi connectivity index (χ0n) is 8.36. The van der Waals surface area contributed by atoms with Crippen LogP contribution in [-0.4, -0.2) is 5.91 Å². The Morgan fingerprint density at radius 1 is 1.40 bits per heavy atom. The monoisotopic (exact) mass is 201 g/mol. The van der Waals surface area contributed by atoms with Crippen LogP contribution in [0.5, 0.6) is 0 Å². The molecule has 2 rings (SSSR count). The molecule has 1 aromatic carbocycles. The Morgan fingerprint density at radius 2 is 2.13 bits per heavy atom. The summed E-state index contributed by atoms with van der Waals surface area (Å²) in [5, 5.41) is 0.993. The first kappa shape index (κ1) is 9.52. The average Bonchev–Trinajstić information content (AvgIpc) is 2.50. The highest BCUT2D eigenvalue weighted by molar-refractivity contribution is 5.95. The minimum Gasteiger partial charge on any atom is -0.461 e. The molecule has 0 aliphatic rings. The van der Waals surface area contributed by atoms with Gasteiger partial charge in [0.1, 0.15) is 11.3 Å². The molecule has 0 spiro atoms. The topological polar surface area (TPSA) is 56.2 Å². The van der Waals surface area contributed by atoms with E-state index in [1.54, 1.807) is 6.08 Å². The molecule has 0 unspecified atom stereocenters. The molecule has 3 nitrogen and oxygen atoms in total. The number of primary amides is 1. The minimum atomic E-state index is -0.459. The number of aryl methyl sites for hydroxylation is 1. The molecule has 15 heavy (non-hydrogen) atoms. The molecule has 2 N–H and O–H groups in total. The van der Waals surface area contributed by atoms with Crippen LogP contribution in [0.3, 0.4) is 0 Å². The average molecular weight is 201 g/mol. The predicted octanol–water partition coefficient (Wildman–Crippen LogP) is 2.24. The Hall–Kier alpha value is -2.03. The molecule has 0 saturated heterocycles. The van der Waals surface area contributed by atoms with Crippen molar-refractivity contribution < 1.29 is 9.21 Å². The van der Waals surface area contributed by atoms with Crippen LogP contribution in [0.4, 0.5) is 0 Å². The van der Waals surface area contributed by atoms with Crippen molar-refractivity contribution in [3.63, 3.8) is 0 Å². The number of benzene rings is 1. The highest BCUT2D eigenvalue weighted by Gasteiger charge is 2.06. The largest absolute Gasteiger partial charge is 0.461 e. The van der Waals surface area contributed by atoms with E-state index in [0.717, 1.165) is 22.3 Å². The first-order valence-corrected chi connectivity index (χ1v) is 4.64. The third-order valence-electron chi connectivity index (χ3n) is 2.23. The molecule has 76 valence electrons. The number of carbonyl (C=O) groups is 1. The van der Waals surface area contributed by atoms with Crippen molar-refractivity contribution in [2.75, 3.05) is 0 Å². The van der Waals surface area contributed by atoms with E-state index in [0.29, 0.717) is 0 Å².